The van der Waals surface area contributed by atoms with Gasteiger partial charge in [-0.15, -0.1) is 11.3 Å². The third-order valence-electron chi connectivity index (χ3n) is 4.15. The normalized spacial score (nSPS) is 14.7. The lowest BCUT2D eigenvalue weighted by atomic mass is 10.0. The van der Waals surface area contributed by atoms with Crippen LogP contribution >= 0.6 is 34.5 Å². The second-order valence-corrected chi connectivity index (χ2v) is 8.11. The second kappa shape index (κ2) is 7.39. The van der Waals surface area contributed by atoms with Crippen LogP contribution < -0.4 is 5.32 Å². The van der Waals surface area contributed by atoms with Gasteiger partial charge in [-0.1, -0.05) is 43.1 Å². The summed E-state index contributed by atoms with van der Waals surface area (Å²) in [6.45, 7) is 3.64. The molecular formula is C18H16Cl2N2O3S. The molecule has 1 atom stereocenters. The highest BCUT2D eigenvalue weighted by molar-refractivity contribution is 7.10. The summed E-state index contributed by atoms with van der Waals surface area (Å²) in [5, 5.41) is 5.23. The number of nitrogens with one attached hydrogen (secondary N) is 1. The van der Waals surface area contributed by atoms with E-state index in [1.54, 1.807) is 11.3 Å². The Morgan fingerprint density at radius 2 is 1.73 bits per heavy atom. The minimum absolute atomic E-state index is 0.163. The molecule has 2 heterocycles. The standard InChI is InChI=1S/C18H16Cl2N2O3S/c1-9(2)16(14-4-3-5-26-14)21-15(23)8-22-17(24)10-6-12(19)13(20)7-11(10)18(22)25/h3-7,9,16H,8H2,1-2H3,(H,21,23)/t16-/m1/s1. The molecule has 0 saturated carbocycles. The van der Waals surface area contributed by atoms with Crippen molar-refractivity contribution >= 4 is 52.3 Å². The van der Waals surface area contributed by atoms with E-state index in [9.17, 15) is 14.4 Å². The SMILES string of the molecule is CC(C)[C@@H](NC(=O)CN1C(=O)c2cc(Cl)c(Cl)cc2C1=O)c1cccs1. The van der Waals surface area contributed by atoms with Crippen LogP contribution in [0.3, 0.4) is 0 Å². The molecule has 1 aliphatic heterocycles. The van der Waals surface area contributed by atoms with Gasteiger partial charge < -0.3 is 5.32 Å². The monoisotopic (exact) mass is 410 g/mol. The first-order chi connectivity index (χ1) is 12.3. The van der Waals surface area contributed by atoms with Crippen molar-refractivity contribution in [3.63, 3.8) is 0 Å². The summed E-state index contributed by atoms with van der Waals surface area (Å²) in [6, 6.07) is 6.40. The van der Waals surface area contributed by atoms with Gasteiger partial charge in [0.2, 0.25) is 5.91 Å². The highest BCUT2D eigenvalue weighted by atomic mass is 35.5. The zero-order valence-electron chi connectivity index (χ0n) is 14.1. The smallest absolute Gasteiger partial charge is 0.262 e. The molecule has 3 amide bonds. The number of benzene rings is 1. The number of amides is 3. The summed E-state index contributed by atoms with van der Waals surface area (Å²) in [5.74, 6) is -1.33. The molecule has 26 heavy (non-hydrogen) atoms. The molecule has 0 unspecified atom stereocenters. The minimum Gasteiger partial charge on any atom is -0.347 e. The average Bonchev–Trinajstić information content (AvgIpc) is 3.18. The Bertz CT molecular complexity index is 840. The van der Waals surface area contributed by atoms with Gasteiger partial charge >= 0.3 is 0 Å². The van der Waals surface area contributed by atoms with Gasteiger partial charge in [0.15, 0.2) is 0 Å². The van der Waals surface area contributed by atoms with Crippen LogP contribution in [0.1, 0.15) is 45.5 Å². The van der Waals surface area contributed by atoms with Crippen LogP contribution in [0.2, 0.25) is 10.0 Å². The Hall–Kier alpha value is -1.89. The van der Waals surface area contributed by atoms with Crippen LogP contribution in [0.5, 0.6) is 0 Å². The van der Waals surface area contributed by atoms with Gasteiger partial charge in [0, 0.05) is 4.88 Å². The van der Waals surface area contributed by atoms with Crippen LogP contribution in [0.4, 0.5) is 0 Å². The summed E-state index contributed by atoms with van der Waals surface area (Å²) in [6.07, 6.45) is 0. The zero-order valence-corrected chi connectivity index (χ0v) is 16.4. The molecule has 0 aliphatic carbocycles. The van der Waals surface area contributed by atoms with Crippen molar-refractivity contribution in [2.45, 2.75) is 19.9 Å². The van der Waals surface area contributed by atoms with Crippen LogP contribution in [-0.4, -0.2) is 29.2 Å². The molecule has 1 aromatic heterocycles. The van der Waals surface area contributed by atoms with Gasteiger partial charge in [-0.05, 0) is 29.5 Å². The van der Waals surface area contributed by atoms with E-state index in [1.807, 2.05) is 31.4 Å². The Balaban J connectivity index is 1.76. The number of rotatable bonds is 5. The van der Waals surface area contributed by atoms with Crippen LogP contribution in [0.25, 0.3) is 0 Å². The lowest BCUT2D eigenvalue weighted by molar-refractivity contribution is -0.122. The molecule has 1 N–H and O–H groups in total. The number of fused-ring (bicyclic) bond motifs is 1. The molecule has 0 saturated heterocycles. The molecule has 1 aromatic carbocycles. The average molecular weight is 411 g/mol. The second-order valence-electron chi connectivity index (χ2n) is 6.31. The number of carbonyl (C=O) groups excluding carboxylic acids is 3. The highest BCUT2D eigenvalue weighted by Crippen LogP contribution is 2.31. The van der Waals surface area contributed by atoms with E-state index < -0.39 is 17.7 Å². The maximum absolute atomic E-state index is 12.5. The molecule has 0 fully saturated rings. The summed E-state index contributed by atoms with van der Waals surface area (Å²) in [4.78, 5) is 39.4. The highest BCUT2D eigenvalue weighted by Gasteiger charge is 2.37. The molecule has 136 valence electrons. The summed E-state index contributed by atoms with van der Waals surface area (Å²) < 4.78 is 0. The molecular weight excluding hydrogens is 395 g/mol. The first-order valence-corrected chi connectivity index (χ1v) is 9.61. The number of thiophene rings is 1. The topological polar surface area (TPSA) is 66.5 Å². The third kappa shape index (κ3) is 3.49. The molecule has 3 rings (SSSR count). The number of imide groups is 1. The largest absolute Gasteiger partial charge is 0.347 e. The minimum atomic E-state index is -0.545. The van der Waals surface area contributed by atoms with Crippen molar-refractivity contribution in [3.8, 4) is 0 Å². The van der Waals surface area contributed by atoms with E-state index in [-0.39, 0.29) is 39.7 Å². The van der Waals surface area contributed by atoms with E-state index in [0.717, 1.165) is 9.78 Å². The maximum atomic E-state index is 12.5. The van der Waals surface area contributed by atoms with Gasteiger partial charge in [0.05, 0.1) is 27.2 Å². The Morgan fingerprint density at radius 3 is 2.19 bits per heavy atom. The summed E-state index contributed by atoms with van der Waals surface area (Å²) in [7, 11) is 0. The lowest BCUT2D eigenvalue weighted by Gasteiger charge is -2.22. The Labute approximate surface area is 164 Å². The first-order valence-electron chi connectivity index (χ1n) is 7.97. The van der Waals surface area contributed by atoms with Gasteiger partial charge in [-0.2, -0.15) is 0 Å². The molecule has 0 bridgehead atoms. The van der Waals surface area contributed by atoms with E-state index >= 15 is 0 Å². The maximum Gasteiger partial charge on any atom is 0.262 e. The number of carbonyl (C=O) groups is 3. The molecule has 0 spiro atoms. The van der Waals surface area contributed by atoms with E-state index in [1.165, 1.54) is 12.1 Å². The number of nitrogens with zero attached hydrogens (tertiary/aromatic N) is 1. The molecule has 0 radical (unpaired) electrons. The van der Waals surface area contributed by atoms with Crippen molar-refractivity contribution < 1.29 is 14.4 Å². The van der Waals surface area contributed by atoms with Crippen molar-refractivity contribution in [1.82, 2.24) is 10.2 Å². The number of halogens is 2. The fourth-order valence-electron chi connectivity index (χ4n) is 2.82. The molecule has 2 aromatic rings. The zero-order chi connectivity index (χ0) is 19.0. The fraction of sp³-hybridized carbons (Fsp3) is 0.278. The Kier molecular flexibility index (Phi) is 5.37. The Morgan fingerprint density at radius 1 is 1.15 bits per heavy atom. The molecule has 1 aliphatic rings. The lowest BCUT2D eigenvalue weighted by Crippen LogP contribution is -2.42. The van der Waals surface area contributed by atoms with Crippen LogP contribution in [-0.2, 0) is 4.79 Å². The van der Waals surface area contributed by atoms with E-state index in [2.05, 4.69) is 5.32 Å². The van der Waals surface area contributed by atoms with Gasteiger partial charge in [-0.25, -0.2) is 0 Å². The summed E-state index contributed by atoms with van der Waals surface area (Å²) >= 11 is 13.4. The molecule has 5 nitrogen and oxygen atoms in total. The van der Waals surface area contributed by atoms with Crippen molar-refractivity contribution in [2.75, 3.05) is 6.54 Å². The summed E-state index contributed by atoms with van der Waals surface area (Å²) in [5.41, 5.74) is 0.326. The van der Waals surface area contributed by atoms with Gasteiger partial charge in [0.1, 0.15) is 6.54 Å². The fourth-order valence-corrected chi connectivity index (χ4v) is 4.10. The number of hydrogen-bond donors (Lipinski definition) is 1. The quantitative estimate of drug-likeness (QED) is 0.752. The van der Waals surface area contributed by atoms with Crippen LogP contribution in [0.15, 0.2) is 29.6 Å². The van der Waals surface area contributed by atoms with Crippen molar-refractivity contribution in [3.05, 3.63) is 55.7 Å². The van der Waals surface area contributed by atoms with Crippen molar-refractivity contribution in [1.29, 1.82) is 0 Å². The van der Waals surface area contributed by atoms with E-state index in [0.29, 0.717) is 0 Å². The first kappa shape index (κ1) is 18.9. The van der Waals surface area contributed by atoms with Crippen molar-refractivity contribution in [2.24, 2.45) is 5.92 Å². The number of hydrogen-bond acceptors (Lipinski definition) is 4. The third-order valence-corrected chi connectivity index (χ3v) is 5.82. The predicted molar refractivity (Wildman–Crippen MR) is 102 cm³/mol. The predicted octanol–water partition coefficient (Wildman–Crippen LogP) is 4.16. The van der Waals surface area contributed by atoms with E-state index in [4.69, 9.17) is 23.2 Å². The van der Waals surface area contributed by atoms with Gasteiger partial charge in [-0.3, -0.25) is 19.3 Å². The molecule has 8 heteroatoms. The van der Waals surface area contributed by atoms with Crippen LogP contribution in [0, 0.1) is 5.92 Å². The van der Waals surface area contributed by atoms with Gasteiger partial charge in [0.25, 0.3) is 11.8 Å².